The van der Waals surface area contributed by atoms with Crippen LogP contribution >= 0.6 is 0 Å². The van der Waals surface area contributed by atoms with Crippen LogP contribution in [0.2, 0.25) is 0 Å². The van der Waals surface area contributed by atoms with Crippen molar-refractivity contribution in [1.29, 1.82) is 0 Å². The molecule has 0 fully saturated rings. The van der Waals surface area contributed by atoms with E-state index in [9.17, 15) is 14.7 Å². The molecule has 0 saturated heterocycles. The summed E-state index contributed by atoms with van der Waals surface area (Å²) >= 11 is 0. The fraction of sp³-hybridized carbons (Fsp3) is 0.208. The standard InChI is InChI=1S/C24H25N3O3/c1-15(2)22(26-23(29)18-10-8-16(3)9-11-18)24(30)27-25-14-20-19-7-5-4-6-17(19)12-13-21(20)28/h4-15,22,28H,1-3H3,(H,26,29)(H,27,30)/b25-14+. The number of phenolic OH excluding ortho intramolecular Hbond substituents is 1. The van der Waals surface area contributed by atoms with E-state index in [1.54, 1.807) is 18.2 Å². The zero-order valence-corrected chi connectivity index (χ0v) is 17.2. The summed E-state index contributed by atoms with van der Waals surface area (Å²) < 4.78 is 0. The van der Waals surface area contributed by atoms with Crippen molar-refractivity contribution in [2.75, 3.05) is 0 Å². The summed E-state index contributed by atoms with van der Waals surface area (Å²) in [5.41, 5.74) is 4.53. The summed E-state index contributed by atoms with van der Waals surface area (Å²) in [6.07, 6.45) is 1.41. The van der Waals surface area contributed by atoms with Crippen LogP contribution in [0.1, 0.15) is 35.3 Å². The number of hydrogen-bond acceptors (Lipinski definition) is 4. The van der Waals surface area contributed by atoms with Gasteiger partial charge in [0.15, 0.2) is 0 Å². The van der Waals surface area contributed by atoms with Crippen LogP contribution in [0.25, 0.3) is 10.8 Å². The van der Waals surface area contributed by atoms with Crippen LogP contribution in [0.15, 0.2) is 65.8 Å². The number of nitrogens with zero attached hydrogens (tertiary/aromatic N) is 1. The molecule has 0 aliphatic heterocycles. The average molecular weight is 403 g/mol. The SMILES string of the molecule is Cc1ccc(C(=O)NC(C(=O)N/N=C/c2c(O)ccc3ccccc23)C(C)C)cc1. The lowest BCUT2D eigenvalue weighted by Gasteiger charge is -2.20. The lowest BCUT2D eigenvalue weighted by Crippen LogP contribution is -2.48. The van der Waals surface area contributed by atoms with Gasteiger partial charge in [-0.25, -0.2) is 5.43 Å². The predicted molar refractivity (Wildman–Crippen MR) is 119 cm³/mol. The number of benzene rings is 3. The van der Waals surface area contributed by atoms with Gasteiger partial charge in [0.25, 0.3) is 11.8 Å². The maximum Gasteiger partial charge on any atom is 0.262 e. The number of nitrogens with one attached hydrogen (secondary N) is 2. The Bertz CT molecular complexity index is 1090. The first-order valence-corrected chi connectivity index (χ1v) is 9.78. The van der Waals surface area contributed by atoms with Crippen molar-refractivity contribution in [1.82, 2.24) is 10.7 Å². The molecule has 6 heteroatoms. The molecule has 0 spiro atoms. The zero-order chi connectivity index (χ0) is 21.7. The fourth-order valence-corrected chi connectivity index (χ4v) is 3.11. The Morgan fingerprint density at radius 1 is 1.00 bits per heavy atom. The number of hydrogen-bond donors (Lipinski definition) is 3. The maximum atomic E-state index is 12.6. The Kier molecular flexibility index (Phi) is 6.47. The minimum absolute atomic E-state index is 0.0692. The Morgan fingerprint density at radius 2 is 1.70 bits per heavy atom. The summed E-state index contributed by atoms with van der Waals surface area (Å²) in [7, 11) is 0. The second-order valence-corrected chi connectivity index (χ2v) is 7.51. The molecule has 0 heterocycles. The van der Waals surface area contributed by atoms with E-state index in [4.69, 9.17) is 0 Å². The third-order valence-electron chi connectivity index (χ3n) is 4.87. The number of phenols is 1. The van der Waals surface area contributed by atoms with Gasteiger partial charge in [-0.15, -0.1) is 0 Å². The highest BCUT2D eigenvalue weighted by Crippen LogP contribution is 2.25. The van der Waals surface area contributed by atoms with Gasteiger partial charge in [0.2, 0.25) is 0 Å². The first-order chi connectivity index (χ1) is 14.4. The number of aromatic hydroxyl groups is 1. The molecular formula is C24H25N3O3. The van der Waals surface area contributed by atoms with Crippen LogP contribution in [-0.4, -0.2) is 29.2 Å². The molecule has 6 nitrogen and oxygen atoms in total. The van der Waals surface area contributed by atoms with Gasteiger partial charge in [0, 0.05) is 11.1 Å². The van der Waals surface area contributed by atoms with Crippen LogP contribution in [0.4, 0.5) is 0 Å². The van der Waals surface area contributed by atoms with Crippen molar-refractivity contribution in [3.05, 3.63) is 77.4 Å². The molecule has 3 N–H and O–H groups in total. The minimum atomic E-state index is -0.753. The molecular weight excluding hydrogens is 378 g/mol. The number of amides is 2. The van der Waals surface area contributed by atoms with Gasteiger partial charge < -0.3 is 10.4 Å². The third kappa shape index (κ3) is 4.84. The van der Waals surface area contributed by atoms with E-state index >= 15 is 0 Å². The molecule has 154 valence electrons. The summed E-state index contributed by atoms with van der Waals surface area (Å²) in [5.74, 6) is -0.818. The number of aryl methyl sites for hydroxylation is 1. The van der Waals surface area contributed by atoms with Crippen molar-refractivity contribution in [3.63, 3.8) is 0 Å². The molecule has 1 atom stereocenters. The molecule has 3 rings (SSSR count). The zero-order valence-electron chi connectivity index (χ0n) is 17.2. The average Bonchev–Trinajstić information content (AvgIpc) is 2.73. The second kappa shape index (κ2) is 9.22. The topological polar surface area (TPSA) is 90.8 Å². The van der Waals surface area contributed by atoms with Gasteiger partial charge in [-0.05, 0) is 41.8 Å². The van der Waals surface area contributed by atoms with Gasteiger partial charge in [-0.2, -0.15) is 5.10 Å². The molecule has 30 heavy (non-hydrogen) atoms. The normalized spacial score (nSPS) is 12.3. The Balaban J connectivity index is 1.72. The first-order valence-electron chi connectivity index (χ1n) is 9.78. The number of rotatable bonds is 6. The second-order valence-electron chi connectivity index (χ2n) is 7.51. The van der Waals surface area contributed by atoms with Gasteiger partial charge >= 0.3 is 0 Å². The smallest absolute Gasteiger partial charge is 0.262 e. The molecule has 3 aromatic carbocycles. The van der Waals surface area contributed by atoms with E-state index < -0.39 is 11.9 Å². The van der Waals surface area contributed by atoms with Gasteiger partial charge in [-0.1, -0.05) is 61.9 Å². The van der Waals surface area contributed by atoms with E-state index in [-0.39, 0.29) is 17.6 Å². The third-order valence-corrected chi connectivity index (χ3v) is 4.87. The largest absolute Gasteiger partial charge is 0.507 e. The highest BCUT2D eigenvalue weighted by Gasteiger charge is 2.24. The number of carbonyl (C=O) groups is 2. The lowest BCUT2D eigenvalue weighted by atomic mass is 10.0. The molecule has 0 bridgehead atoms. The molecule has 3 aromatic rings. The first kappa shape index (κ1) is 21.0. The van der Waals surface area contributed by atoms with Crippen molar-refractivity contribution in [2.45, 2.75) is 26.8 Å². The van der Waals surface area contributed by atoms with Crippen molar-refractivity contribution in [2.24, 2.45) is 11.0 Å². The quantitative estimate of drug-likeness (QED) is 0.432. The summed E-state index contributed by atoms with van der Waals surface area (Å²) in [6.45, 7) is 5.64. The Labute approximate surface area is 175 Å². The van der Waals surface area contributed by atoms with Crippen LogP contribution in [0.3, 0.4) is 0 Å². The van der Waals surface area contributed by atoms with Crippen molar-refractivity contribution in [3.8, 4) is 5.75 Å². The number of fused-ring (bicyclic) bond motifs is 1. The molecule has 1 unspecified atom stereocenters. The molecule has 0 radical (unpaired) electrons. The van der Waals surface area contributed by atoms with E-state index in [1.807, 2.05) is 63.2 Å². The van der Waals surface area contributed by atoms with Crippen LogP contribution in [-0.2, 0) is 4.79 Å². The molecule has 0 aliphatic rings. The predicted octanol–water partition coefficient (Wildman–Crippen LogP) is 3.76. The van der Waals surface area contributed by atoms with Crippen LogP contribution in [0, 0.1) is 12.8 Å². The summed E-state index contributed by atoms with van der Waals surface area (Å²) in [5, 5.41) is 18.7. The molecule has 0 aromatic heterocycles. The van der Waals surface area contributed by atoms with Gasteiger partial charge in [0.05, 0.1) is 6.21 Å². The number of hydrazone groups is 1. The highest BCUT2D eigenvalue weighted by atomic mass is 16.3. The molecule has 0 aliphatic carbocycles. The van der Waals surface area contributed by atoms with Crippen LogP contribution in [0.5, 0.6) is 5.75 Å². The fourth-order valence-electron chi connectivity index (χ4n) is 3.11. The van der Waals surface area contributed by atoms with E-state index in [1.165, 1.54) is 6.21 Å². The lowest BCUT2D eigenvalue weighted by molar-refractivity contribution is -0.123. The van der Waals surface area contributed by atoms with Crippen molar-refractivity contribution >= 4 is 28.8 Å². The van der Waals surface area contributed by atoms with E-state index in [0.29, 0.717) is 11.1 Å². The van der Waals surface area contributed by atoms with Gasteiger partial charge in [0.1, 0.15) is 11.8 Å². The van der Waals surface area contributed by atoms with E-state index in [2.05, 4.69) is 15.8 Å². The molecule has 0 saturated carbocycles. The summed E-state index contributed by atoms with van der Waals surface area (Å²) in [4.78, 5) is 25.1. The van der Waals surface area contributed by atoms with Crippen molar-refractivity contribution < 1.29 is 14.7 Å². The van der Waals surface area contributed by atoms with E-state index in [0.717, 1.165) is 16.3 Å². The summed E-state index contributed by atoms with van der Waals surface area (Å²) in [6, 6.07) is 17.4. The number of carbonyl (C=O) groups excluding carboxylic acids is 2. The Morgan fingerprint density at radius 3 is 2.40 bits per heavy atom. The maximum absolute atomic E-state index is 12.6. The molecule has 2 amide bonds. The minimum Gasteiger partial charge on any atom is -0.507 e. The van der Waals surface area contributed by atoms with Gasteiger partial charge in [-0.3, -0.25) is 9.59 Å². The van der Waals surface area contributed by atoms with Crippen LogP contribution < -0.4 is 10.7 Å². The monoisotopic (exact) mass is 403 g/mol. The highest BCUT2D eigenvalue weighted by molar-refractivity contribution is 6.03. The Hall–Kier alpha value is -3.67.